The van der Waals surface area contributed by atoms with Gasteiger partial charge in [-0.1, -0.05) is 0 Å². The largest absolute Gasteiger partial charge is 0.352 e. The molecule has 0 fully saturated rings. The summed E-state index contributed by atoms with van der Waals surface area (Å²) in [6.07, 6.45) is 2.59. The lowest BCUT2D eigenvalue weighted by Crippen LogP contribution is -2.27. The van der Waals surface area contributed by atoms with Gasteiger partial charge in [0.2, 0.25) is 10.0 Å². The van der Waals surface area contributed by atoms with Gasteiger partial charge in [0.25, 0.3) is 5.91 Å². The molecule has 0 radical (unpaired) electrons. The van der Waals surface area contributed by atoms with Gasteiger partial charge in [-0.25, -0.2) is 12.8 Å². The summed E-state index contributed by atoms with van der Waals surface area (Å²) in [5.74, 6) is 0.405. The van der Waals surface area contributed by atoms with Crippen LogP contribution in [0.5, 0.6) is 0 Å². The zero-order valence-electron chi connectivity index (χ0n) is 14.9. The van der Waals surface area contributed by atoms with E-state index >= 15 is 0 Å². The van der Waals surface area contributed by atoms with Crippen molar-refractivity contribution in [1.29, 1.82) is 0 Å². The van der Waals surface area contributed by atoms with E-state index in [-0.39, 0.29) is 11.7 Å². The maximum Gasteiger partial charge on any atom is 0.251 e. The molecule has 0 aliphatic carbocycles. The van der Waals surface area contributed by atoms with Crippen LogP contribution in [-0.2, 0) is 16.4 Å². The van der Waals surface area contributed by atoms with Crippen LogP contribution < -0.4 is 9.62 Å². The average Bonchev–Trinajstić information content (AvgIpc) is 3.06. The monoisotopic (exact) mass is 408 g/mol. The van der Waals surface area contributed by atoms with Crippen molar-refractivity contribution in [3.8, 4) is 0 Å². The Hall–Kier alpha value is -2.06. The molecule has 27 heavy (non-hydrogen) atoms. The Bertz CT molecular complexity index is 930. The Balaban J connectivity index is 1.48. The number of benzene rings is 2. The number of carbonyl (C=O) groups excluding carboxylic acids is 1. The van der Waals surface area contributed by atoms with E-state index in [1.807, 2.05) is 0 Å². The van der Waals surface area contributed by atoms with E-state index in [9.17, 15) is 17.6 Å². The van der Waals surface area contributed by atoms with Crippen LogP contribution in [0.15, 0.2) is 47.4 Å². The van der Waals surface area contributed by atoms with E-state index in [0.29, 0.717) is 30.8 Å². The highest BCUT2D eigenvalue weighted by Crippen LogP contribution is 2.30. The summed E-state index contributed by atoms with van der Waals surface area (Å²) < 4.78 is 37.8. The summed E-state index contributed by atoms with van der Waals surface area (Å²) in [6, 6.07) is 11.5. The third kappa shape index (κ3) is 5.01. The maximum atomic E-state index is 12.9. The molecule has 1 heterocycles. The van der Waals surface area contributed by atoms with Crippen LogP contribution in [0, 0.1) is 5.82 Å². The predicted octanol–water partition coefficient (Wildman–Crippen LogP) is 3.06. The summed E-state index contributed by atoms with van der Waals surface area (Å²) in [5.41, 5.74) is 2.07. The lowest BCUT2D eigenvalue weighted by atomic mass is 10.1. The molecule has 3 rings (SSSR count). The van der Waals surface area contributed by atoms with Crippen LogP contribution >= 0.6 is 11.8 Å². The molecule has 5 nitrogen and oxygen atoms in total. The van der Waals surface area contributed by atoms with Gasteiger partial charge in [-0.05, 0) is 66.6 Å². The van der Waals surface area contributed by atoms with Crippen LogP contribution in [0.2, 0.25) is 0 Å². The molecule has 2 aromatic rings. The lowest BCUT2D eigenvalue weighted by Gasteiger charge is -2.16. The minimum absolute atomic E-state index is 0.164. The number of rotatable bonds is 7. The standard InChI is InChI=1S/C19H21FN2O3S2/c1-27(24,25)22-11-9-14-13-15(3-8-18(14)22)19(23)21-10-2-12-26-17-6-4-16(20)5-7-17/h3-8,13H,2,9-12H2,1H3,(H,21,23). The van der Waals surface area contributed by atoms with Gasteiger partial charge in [0, 0.05) is 23.5 Å². The summed E-state index contributed by atoms with van der Waals surface area (Å²) in [5, 5.41) is 2.88. The molecule has 0 unspecified atom stereocenters. The number of carbonyl (C=O) groups is 1. The van der Waals surface area contributed by atoms with Crippen LogP contribution in [0.25, 0.3) is 0 Å². The second-order valence-electron chi connectivity index (χ2n) is 6.34. The molecule has 8 heteroatoms. The van der Waals surface area contributed by atoms with Gasteiger partial charge in [-0.15, -0.1) is 11.8 Å². The second-order valence-corrected chi connectivity index (χ2v) is 9.42. The van der Waals surface area contributed by atoms with Crippen LogP contribution in [0.4, 0.5) is 10.1 Å². The molecule has 0 bridgehead atoms. The molecule has 1 amide bonds. The van der Waals surface area contributed by atoms with Crippen molar-refractivity contribution in [2.24, 2.45) is 0 Å². The molecule has 1 aliphatic heterocycles. The number of thioether (sulfide) groups is 1. The molecule has 0 saturated heterocycles. The quantitative estimate of drug-likeness (QED) is 0.565. The van der Waals surface area contributed by atoms with Crippen LogP contribution in [0.3, 0.4) is 0 Å². The van der Waals surface area contributed by atoms with E-state index in [2.05, 4.69) is 5.32 Å². The van der Waals surface area contributed by atoms with Crippen molar-refractivity contribution in [3.05, 3.63) is 59.4 Å². The van der Waals surface area contributed by atoms with Crippen LogP contribution in [-0.4, -0.2) is 39.4 Å². The van der Waals surface area contributed by atoms with E-state index in [1.165, 1.54) is 22.7 Å². The molecule has 144 valence electrons. The number of hydrogen-bond donors (Lipinski definition) is 1. The molecule has 0 saturated carbocycles. The van der Waals surface area contributed by atoms with Crippen molar-refractivity contribution >= 4 is 33.4 Å². The number of hydrogen-bond acceptors (Lipinski definition) is 4. The number of nitrogens with one attached hydrogen (secondary N) is 1. The Morgan fingerprint density at radius 3 is 2.67 bits per heavy atom. The molecule has 0 spiro atoms. The number of amides is 1. The highest BCUT2D eigenvalue weighted by atomic mass is 32.2. The first kappa shape index (κ1) is 19.7. The van der Waals surface area contributed by atoms with E-state index in [4.69, 9.17) is 0 Å². The van der Waals surface area contributed by atoms with E-state index in [1.54, 1.807) is 42.1 Å². The number of anilines is 1. The Labute approximate surface area is 163 Å². The highest BCUT2D eigenvalue weighted by molar-refractivity contribution is 7.99. The summed E-state index contributed by atoms with van der Waals surface area (Å²) in [7, 11) is -3.29. The number of sulfonamides is 1. The second kappa shape index (κ2) is 8.31. The zero-order chi connectivity index (χ0) is 19.4. The molecule has 2 aromatic carbocycles. The minimum atomic E-state index is -3.29. The Kier molecular flexibility index (Phi) is 6.06. The zero-order valence-corrected chi connectivity index (χ0v) is 16.6. The third-order valence-electron chi connectivity index (χ3n) is 4.28. The fourth-order valence-electron chi connectivity index (χ4n) is 2.95. The maximum absolute atomic E-state index is 12.9. The topological polar surface area (TPSA) is 66.5 Å². The fraction of sp³-hybridized carbons (Fsp3) is 0.316. The molecule has 0 aromatic heterocycles. The first-order valence-electron chi connectivity index (χ1n) is 8.62. The third-order valence-corrected chi connectivity index (χ3v) is 6.56. The molecule has 0 atom stereocenters. The van der Waals surface area contributed by atoms with E-state index in [0.717, 1.165) is 22.6 Å². The van der Waals surface area contributed by atoms with Crippen molar-refractivity contribution in [2.45, 2.75) is 17.7 Å². The molecule has 1 aliphatic rings. The average molecular weight is 409 g/mol. The van der Waals surface area contributed by atoms with Crippen molar-refractivity contribution in [3.63, 3.8) is 0 Å². The van der Waals surface area contributed by atoms with Crippen LogP contribution in [0.1, 0.15) is 22.3 Å². The van der Waals surface area contributed by atoms with Gasteiger partial charge >= 0.3 is 0 Å². The predicted molar refractivity (Wildman–Crippen MR) is 106 cm³/mol. The SMILES string of the molecule is CS(=O)(=O)N1CCc2cc(C(=O)NCCCSc3ccc(F)cc3)ccc21. The van der Waals surface area contributed by atoms with Gasteiger partial charge < -0.3 is 5.32 Å². The number of fused-ring (bicyclic) bond motifs is 1. The summed E-state index contributed by atoms with van der Waals surface area (Å²) in [4.78, 5) is 13.3. The number of nitrogens with zero attached hydrogens (tertiary/aromatic N) is 1. The molecular weight excluding hydrogens is 387 g/mol. The van der Waals surface area contributed by atoms with Crippen molar-refractivity contribution in [1.82, 2.24) is 5.32 Å². The van der Waals surface area contributed by atoms with Gasteiger partial charge in [0.1, 0.15) is 5.82 Å². The smallest absolute Gasteiger partial charge is 0.251 e. The highest BCUT2D eigenvalue weighted by Gasteiger charge is 2.26. The lowest BCUT2D eigenvalue weighted by molar-refractivity contribution is 0.0953. The van der Waals surface area contributed by atoms with Gasteiger partial charge in [0.15, 0.2) is 0 Å². The molecule has 1 N–H and O–H groups in total. The first-order valence-corrected chi connectivity index (χ1v) is 11.5. The van der Waals surface area contributed by atoms with Gasteiger partial charge in [-0.2, -0.15) is 0 Å². The van der Waals surface area contributed by atoms with Crippen molar-refractivity contribution in [2.75, 3.05) is 29.4 Å². The first-order chi connectivity index (χ1) is 12.8. The van der Waals surface area contributed by atoms with E-state index < -0.39 is 10.0 Å². The normalized spacial score (nSPS) is 13.5. The van der Waals surface area contributed by atoms with Gasteiger partial charge in [0.05, 0.1) is 11.9 Å². The van der Waals surface area contributed by atoms with Crippen molar-refractivity contribution < 1.29 is 17.6 Å². The summed E-state index contributed by atoms with van der Waals surface area (Å²) in [6.45, 7) is 0.958. The molecular formula is C19H21FN2O3S2. The Morgan fingerprint density at radius 2 is 1.96 bits per heavy atom. The minimum Gasteiger partial charge on any atom is -0.352 e. The Morgan fingerprint density at radius 1 is 1.22 bits per heavy atom. The summed E-state index contributed by atoms with van der Waals surface area (Å²) >= 11 is 1.62. The fourth-order valence-corrected chi connectivity index (χ4v) is 4.77. The van der Waals surface area contributed by atoms with Gasteiger partial charge in [-0.3, -0.25) is 9.10 Å². The number of halogens is 1.